The second-order valence-electron chi connectivity index (χ2n) is 9.07. The van der Waals surface area contributed by atoms with E-state index >= 15 is 0 Å². The molecular weight excluding hydrogens is 493 g/mol. The molecule has 2 heterocycles. The number of hydrogen-bond donors (Lipinski definition) is 2. The third-order valence-corrected chi connectivity index (χ3v) is 6.51. The molecule has 10 nitrogen and oxygen atoms in total. The second-order valence-corrected chi connectivity index (χ2v) is 9.07. The number of morpholine rings is 1. The Kier molecular flexibility index (Phi) is 6.93. The van der Waals surface area contributed by atoms with Gasteiger partial charge in [0, 0.05) is 36.7 Å². The molecule has 2 aromatic carbocycles. The highest BCUT2D eigenvalue weighted by molar-refractivity contribution is 6.16. The minimum Gasteiger partial charge on any atom is -0.457 e. The van der Waals surface area contributed by atoms with Crippen molar-refractivity contribution in [1.29, 1.82) is 0 Å². The Morgan fingerprint density at radius 3 is 2.21 bits per heavy atom. The lowest BCUT2D eigenvalue weighted by atomic mass is 10.0. The second kappa shape index (κ2) is 10.5. The number of nitrogens with two attached hydrogens (primary N) is 1. The van der Waals surface area contributed by atoms with Crippen LogP contribution in [0.2, 0.25) is 0 Å². The van der Waals surface area contributed by atoms with Gasteiger partial charge >= 0.3 is 6.03 Å². The molecule has 2 fully saturated rings. The third kappa shape index (κ3) is 5.28. The topological polar surface area (TPSA) is 127 Å². The zero-order valence-electron chi connectivity index (χ0n) is 20.4. The fraction of sp³-hybridized carbons (Fsp3) is 0.259. The zero-order chi connectivity index (χ0) is 26.7. The van der Waals surface area contributed by atoms with Crippen molar-refractivity contribution in [2.75, 3.05) is 36.5 Å². The number of benzene rings is 2. The molecule has 11 heteroatoms. The molecule has 4 amide bonds. The maximum absolute atomic E-state index is 13.6. The van der Waals surface area contributed by atoms with Crippen molar-refractivity contribution in [1.82, 2.24) is 9.88 Å². The van der Waals surface area contributed by atoms with Crippen molar-refractivity contribution in [3.63, 3.8) is 0 Å². The van der Waals surface area contributed by atoms with Crippen LogP contribution in [0.4, 0.5) is 26.4 Å². The summed E-state index contributed by atoms with van der Waals surface area (Å²) in [6.07, 6.45) is 2.26. The molecular formula is C27H26FN5O5. The summed E-state index contributed by atoms with van der Waals surface area (Å²) in [6, 6.07) is 15.1. The number of pyridine rings is 1. The Labute approximate surface area is 218 Å². The SMILES string of the molecule is NC(=O)C1(C(=O)N(c2ccc(F)cc2)c2ccc(Oc3ccnc(NC(=O)N4CCOCC4)c3)cc2)CC1. The first-order chi connectivity index (χ1) is 18.4. The Morgan fingerprint density at radius 1 is 0.974 bits per heavy atom. The van der Waals surface area contributed by atoms with E-state index in [2.05, 4.69) is 10.3 Å². The number of halogens is 1. The zero-order valence-corrected chi connectivity index (χ0v) is 20.4. The first kappa shape index (κ1) is 25.2. The Hall–Kier alpha value is -4.51. The van der Waals surface area contributed by atoms with Gasteiger partial charge in [-0.1, -0.05) is 0 Å². The van der Waals surface area contributed by atoms with E-state index in [4.69, 9.17) is 15.2 Å². The van der Waals surface area contributed by atoms with Gasteiger partial charge < -0.3 is 20.1 Å². The summed E-state index contributed by atoms with van der Waals surface area (Å²) in [5.41, 5.74) is 5.16. The summed E-state index contributed by atoms with van der Waals surface area (Å²) >= 11 is 0. The van der Waals surface area contributed by atoms with Gasteiger partial charge in [0.2, 0.25) is 11.8 Å². The number of aromatic nitrogens is 1. The van der Waals surface area contributed by atoms with Gasteiger partial charge in [-0.15, -0.1) is 0 Å². The number of primary amides is 1. The van der Waals surface area contributed by atoms with Crippen LogP contribution in [0.25, 0.3) is 0 Å². The van der Waals surface area contributed by atoms with Crippen molar-refractivity contribution >= 4 is 35.0 Å². The summed E-state index contributed by atoms with van der Waals surface area (Å²) < 4.78 is 24.7. The summed E-state index contributed by atoms with van der Waals surface area (Å²) in [5.74, 6) is -0.331. The molecule has 0 unspecified atom stereocenters. The van der Waals surface area contributed by atoms with Crippen LogP contribution in [0.5, 0.6) is 11.5 Å². The molecule has 3 N–H and O–H groups in total. The van der Waals surface area contributed by atoms with Crippen LogP contribution < -0.4 is 20.7 Å². The van der Waals surface area contributed by atoms with Crippen molar-refractivity contribution in [3.05, 3.63) is 72.7 Å². The van der Waals surface area contributed by atoms with Crippen molar-refractivity contribution in [2.24, 2.45) is 11.1 Å². The number of anilines is 3. The predicted molar refractivity (Wildman–Crippen MR) is 137 cm³/mol. The van der Waals surface area contributed by atoms with Crippen LogP contribution in [0.1, 0.15) is 12.8 Å². The van der Waals surface area contributed by atoms with Crippen molar-refractivity contribution in [2.45, 2.75) is 12.8 Å². The Morgan fingerprint density at radius 2 is 1.61 bits per heavy atom. The van der Waals surface area contributed by atoms with E-state index in [9.17, 15) is 18.8 Å². The van der Waals surface area contributed by atoms with Crippen molar-refractivity contribution in [3.8, 4) is 11.5 Å². The maximum Gasteiger partial charge on any atom is 0.323 e. The lowest BCUT2D eigenvalue weighted by Gasteiger charge is -2.27. The summed E-state index contributed by atoms with van der Waals surface area (Å²) in [5, 5.41) is 2.76. The van der Waals surface area contributed by atoms with Crippen LogP contribution in [-0.4, -0.2) is 54.0 Å². The number of carbonyl (C=O) groups is 3. The standard InChI is InChI=1S/C27H26FN5O5/c28-18-1-3-19(4-2-18)33(25(35)27(10-11-27)24(29)34)20-5-7-21(8-6-20)38-22-9-12-30-23(17-22)31-26(36)32-13-15-37-16-14-32/h1-9,12,17H,10-11,13-16H2,(H2,29,34)(H,30,31,36). The van der Waals surface area contributed by atoms with Crippen LogP contribution in [0, 0.1) is 11.2 Å². The molecule has 1 aliphatic carbocycles. The molecule has 0 spiro atoms. The molecule has 1 aromatic heterocycles. The monoisotopic (exact) mass is 519 g/mol. The molecule has 0 radical (unpaired) electrons. The first-order valence-electron chi connectivity index (χ1n) is 12.1. The van der Waals surface area contributed by atoms with Gasteiger partial charge in [-0.3, -0.25) is 19.8 Å². The van der Waals surface area contributed by atoms with Gasteiger partial charge in [0.25, 0.3) is 0 Å². The lowest BCUT2D eigenvalue weighted by Crippen LogP contribution is -2.43. The van der Waals surface area contributed by atoms with E-state index in [1.165, 1.54) is 35.4 Å². The molecule has 196 valence electrons. The van der Waals surface area contributed by atoms with Crippen LogP contribution >= 0.6 is 0 Å². The maximum atomic E-state index is 13.6. The lowest BCUT2D eigenvalue weighted by molar-refractivity contribution is -0.133. The predicted octanol–water partition coefficient (Wildman–Crippen LogP) is 3.81. The quantitative estimate of drug-likeness (QED) is 0.457. The van der Waals surface area contributed by atoms with E-state index in [-0.39, 0.29) is 6.03 Å². The number of amides is 4. The van der Waals surface area contributed by atoms with Gasteiger partial charge in [0.15, 0.2) is 0 Å². The highest BCUT2D eigenvalue weighted by Gasteiger charge is 2.57. The summed E-state index contributed by atoms with van der Waals surface area (Å²) in [4.78, 5) is 45.1. The number of nitrogens with zero attached hydrogens (tertiary/aromatic N) is 3. The van der Waals surface area contributed by atoms with Gasteiger partial charge in [-0.2, -0.15) is 0 Å². The van der Waals surface area contributed by atoms with Crippen LogP contribution in [0.15, 0.2) is 66.9 Å². The molecule has 0 atom stereocenters. The molecule has 2 aliphatic rings. The van der Waals surface area contributed by atoms with E-state index in [1.54, 1.807) is 41.3 Å². The number of urea groups is 1. The largest absolute Gasteiger partial charge is 0.457 e. The highest BCUT2D eigenvalue weighted by Crippen LogP contribution is 2.49. The molecule has 1 saturated heterocycles. The van der Waals surface area contributed by atoms with Gasteiger partial charge in [0.05, 0.1) is 13.2 Å². The fourth-order valence-corrected chi connectivity index (χ4v) is 4.18. The van der Waals surface area contributed by atoms with E-state index in [0.29, 0.717) is 67.8 Å². The fourth-order valence-electron chi connectivity index (χ4n) is 4.18. The van der Waals surface area contributed by atoms with E-state index < -0.39 is 23.0 Å². The molecule has 3 aromatic rings. The number of hydrogen-bond acceptors (Lipinski definition) is 6. The summed E-state index contributed by atoms with van der Waals surface area (Å²) in [7, 11) is 0. The Balaban J connectivity index is 1.33. The molecule has 0 bridgehead atoms. The van der Waals surface area contributed by atoms with E-state index in [0.717, 1.165) is 0 Å². The summed E-state index contributed by atoms with van der Waals surface area (Å²) in [6.45, 7) is 2.00. The van der Waals surface area contributed by atoms with Gasteiger partial charge in [-0.05, 0) is 67.4 Å². The normalized spacial score (nSPS) is 15.9. The minimum absolute atomic E-state index is 0.266. The molecule has 1 aliphatic heterocycles. The average Bonchev–Trinajstić information content (AvgIpc) is 3.74. The smallest absolute Gasteiger partial charge is 0.323 e. The van der Waals surface area contributed by atoms with Crippen molar-refractivity contribution < 1.29 is 28.2 Å². The minimum atomic E-state index is -1.26. The van der Waals surface area contributed by atoms with Crippen LogP contribution in [-0.2, 0) is 14.3 Å². The highest BCUT2D eigenvalue weighted by atomic mass is 19.1. The van der Waals surface area contributed by atoms with Crippen LogP contribution in [0.3, 0.4) is 0 Å². The number of ether oxygens (including phenoxy) is 2. The molecule has 5 rings (SSSR count). The average molecular weight is 520 g/mol. The first-order valence-corrected chi connectivity index (χ1v) is 12.1. The molecule has 1 saturated carbocycles. The Bertz CT molecular complexity index is 1340. The number of carbonyl (C=O) groups excluding carboxylic acids is 3. The number of nitrogens with one attached hydrogen (secondary N) is 1. The third-order valence-electron chi connectivity index (χ3n) is 6.51. The van der Waals surface area contributed by atoms with Gasteiger partial charge in [0.1, 0.15) is 28.5 Å². The molecule has 38 heavy (non-hydrogen) atoms. The number of rotatable bonds is 7. The van der Waals surface area contributed by atoms with E-state index in [1.807, 2.05) is 0 Å². The van der Waals surface area contributed by atoms with Gasteiger partial charge in [-0.25, -0.2) is 14.2 Å².